The molecule has 0 unspecified atom stereocenters. The molecule has 0 spiro atoms. The van der Waals surface area contributed by atoms with Gasteiger partial charge in [-0.3, -0.25) is 4.99 Å². The summed E-state index contributed by atoms with van der Waals surface area (Å²) in [5.74, 6) is 0. The second-order valence-electron chi connectivity index (χ2n) is 5.44. The third-order valence-corrected chi connectivity index (χ3v) is 3.29. The highest BCUT2D eigenvalue weighted by Gasteiger charge is 2.03. The Morgan fingerprint density at radius 1 is 1.00 bits per heavy atom. The van der Waals surface area contributed by atoms with Crippen LogP contribution in [0.1, 0.15) is 13.8 Å². The maximum absolute atomic E-state index is 4.60. The van der Waals surface area contributed by atoms with E-state index in [0.29, 0.717) is 17.1 Å². The van der Waals surface area contributed by atoms with E-state index in [9.17, 15) is 0 Å². The van der Waals surface area contributed by atoms with Crippen LogP contribution in [-0.4, -0.2) is 11.9 Å². The van der Waals surface area contributed by atoms with E-state index < -0.39 is 0 Å². The van der Waals surface area contributed by atoms with Crippen LogP contribution in [0.5, 0.6) is 0 Å². The maximum Gasteiger partial charge on any atom is 0.0892 e. The Bertz CT molecular complexity index is 919. The number of rotatable bonds is 8. The van der Waals surface area contributed by atoms with Crippen LogP contribution in [0.2, 0.25) is 0 Å². The molecule has 1 aromatic carbocycles. The third-order valence-electron chi connectivity index (χ3n) is 3.29. The predicted octanol–water partition coefficient (Wildman–Crippen LogP) is 4.68. The Hall–Kier alpha value is -3.26. The van der Waals surface area contributed by atoms with E-state index in [1.54, 1.807) is 12.3 Å². The lowest BCUT2D eigenvalue weighted by molar-refractivity contribution is 1.41. The zero-order valence-corrected chi connectivity index (χ0v) is 15.7. The molecule has 2 nitrogen and oxygen atoms in total. The van der Waals surface area contributed by atoms with Gasteiger partial charge >= 0.3 is 0 Å². The molecule has 0 aromatic heterocycles. The van der Waals surface area contributed by atoms with E-state index in [1.807, 2.05) is 74.6 Å². The summed E-state index contributed by atoms with van der Waals surface area (Å²) in [6, 6.07) is 7.91. The predicted molar refractivity (Wildman–Crippen MR) is 118 cm³/mol. The van der Waals surface area contributed by atoms with Crippen molar-refractivity contribution in [1.82, 2.24) is 0 Å². The molecule has 1 rings (SSSR count). The van der Waals surface area contributed by atoms with Gasteiger partial charge < -0.3 is 0 Å². The highest BCUT2D eigenvalue weighted by atomic mass is 14.8. The average molecular weight is 342 g/mol. The van der Waals surface area contributed by atoms with Crippen LogP contribution in [0.3, 0.4) is 0 Å². The van der Waals surface area contributed by atoms with Gasteiger partial charge in [-0.15, -0.1) is 0 Å². The van der Waals surface area contributed by atoms with Gasteiger partial charge in [0.2, 0.25) is 0 Å². The van der Waals surface area contributed by atoms with Gasteiger partial charge in [-0.25, -0.2) is 4.99 Å². The zero-order valence-electron chi connectivity index (χ0n) is 15.7. The van der Waals surface area contributed by atoms with Crippen LogP contribution in [0.4, 0.5) is 0 Å². The van der Waals surface area contributed by atoms with Crippen LogP contribution in [0.25, 0.3) is 12.7 Å². The molecule has 2 heteroatoms. The lowest BCUT2D eigenvalue weighted by Gasteiger charge is -2.04. The van der Waals surface area contributed by atoms with Crippen LogP contribution in [0.15, 0.2) is 107 Å². The van der Waals surface area contributed by atoms with Gasteiger partial charge in [-0.05, 0) is 42.5 Å². The Kier molecular flexibility index (Phi) is 9.05. The highest BCUT2D eigenvalue weighted by Crippen LogP contribution is 2.06. The molecule has 0 heterocycles. The number of aliphatic imine (C=N–C) groups is 2. The minimum absolute atomic E-state index is 0.636. The normalized spacial score (nSPS) is 13.8. The van der Waals surface area contributed by atoms with Crippen LogP contribution in [-0.2, 0) is 0 Å². The standard InChI is InChI=1S/C24H26N2/c1-7-12-20(5)25-18-24(26-21(6)13-8-2)23(14-9-3)17-22-16-11-10-15-19(22)4/h7-18H,3-6H2,1-2H3/b12-7-,13-8-,22-17-,23-14+,25-18-,26-24+. The lowest BCUT2D eigenvalue weighted by Crippen LogP contribution is -2.23. The monoisotopic (exact) mass is 342 g/mol. The Morgan fingerprint density at radius 3 is 2.27 bits per heavy atom. The van der Waals surface area contributed by atoms with Gasteiger partial charge in [0.1, 0.15) is 0 Å². The largest absolute Gasteiger partial charge is 0.255 e. The molecule has 26 heavy (non-hydrogen) atoms. The van der Waals surface area contributed by atoms with Gasteiger partial charge in [0, 0.05) is 5.57 Å². The molecule has 0 bridgehead atoms. The molecule has 0 saturated heterocycles. The third kappa shape index (κ3) is 7.10. The second-order valence-corrected chi connectivity index (χ2v) is 5.44. The lowest BCUT2D eigenvalue weighted by atomic mass is 10.1. The molecule has 0 amide bonds. The molecule has 0 N–H and O–H groups in total. The van der Waals surface area contributed by atoms with Crippen molar-refractivity contribution in [2.45, 2.75) is 13.8 Å². The van der Waals surface area contributed by atoms with Gasteiger partial charge in [0.25, 0.3) is 0 Å². The molecule has 0 atom stereocenters. The second kappa shape index (κ2) is 11.3. The minimum atomic E-state index is 0.636. The first-order chi connectivity index (χ1) is 12.5. The van der Waals surface area contributed by atoms with Crippen molar-refractivity contribution in [2.24, 2.45) is 9.98 Å². The summed E-state index contributed by atoms with van der Waals surface area (Å²) >= 11 is 0. The fourth-order valence-corrected chi connectivity index (χ4v) is 2.11. The van der Waals surface area contributed by atoms with Crippen molar-refractivity contribution in [2.75, 3.05) is 0 Å². The first-order valence-corrected chi connectivity index (χ1v) is 8.36. The molecular weight excluding hydrogens is 316 g/mol. The average Bonchev–Trinajstić information content (AvgIpc) is 2.60. The summed E-state index contributed by atoms with van der Waals surface area (Å²) < 4.78 is 0. The van der Waals surface area contributed by atoms with E-state index in [1.165, 1.54) is 0 Å². The van der Waals surface area contributed by atoms with Crippen molar-refractivity contribution in [3.8, 4) is 0 Å². The molecule has 0 saturated carbocycles. The number of nitrogens with zero attached hydrogens (tertiary/aromatic N) is 2. The van der Waals surface area contributed by atoms with Gasteiger partial charge in [-0.1, -0.05) is 74.9 Å². The summed E-state index contributed by atoms with van der Waals surface area (Å²) in [5.41, 5.74) is 2.81. The van der Waals surface area contributed by atoms with Crippen molar-refractivity contribution >= 4 is 24.6 Å². The Morgan fingerprint density at radius 2 is 1.65 bits per heavy atom. The SMILES string of the molecule is C=C/C=C(\C=c1\ccccc1=C)C(/C=N\C(=C)/C=C\C)=N/C(=C)/C=C\C. The van der Waals surface area contributed by atoms with Gasteiger partial charge in [-0.2, -0.15) is 0 Å². The first-order valence-electron chi connectivity index (χ1n) is 8.36. The van der Waals surface area contributed by atoms with Crippen LogP contribution < -0.4 is 10.4 Å². The Labute approximate surface area is 156 Å². The highest BCUT2D eigenvalue weighted by molar-refractivity contribution is 6.41. The number of hydrogen-bond donors (Lipinski definition) is 0. The summed E-state index contributed by atoms with van der Waals surface area (Å²) in [7, 11) is 0. The van der Waals surface area contributed by atoms with E-state index in [0.717, 1.165) is 16.0 Å². The molecule has 0 aliphatic rings. The van der Waals surface area contributed by atoms with Crippen molar-refractivity contribution in [1.29, 1.82) is 0 Å². The van der Waals surface area contributed by atoms with Crippen LogP contribution >= 0.6 is 0 Å². The van der Waals surface area contributed by atoms with E-state index >= 15 is 0 Å². The fourth-order valence-electron chi connectivity index (χ4n) is 2.11. The minimum Gasteiger partial charge on any atom is -0.255 e. The maximum atomic E-state index is 4.60. The number of hydrogen-bond acceptors (Lipinski definition) is 2. The smallest absolute Gasteiger partial charge is 0.0892 e. The summed E-state index contributed by atoms with van der Waals surface area (Å²) in [5, 5.41) is 1.94. The molecule has 0 aliphatic carbocycles. The van der Waals surface area contributed by atoms with Gasteiger partial charge in [0.15, 0.2) is 0 Å². The molecule has 132 valence electrons. The van der Waals surface area contributed by atoms with Crippen molar-refractivity contribution in [3.05, 3.63) is 108 Å². The summed E-state index contributed by atoms with van der Waals surface area (Å²) in [4.78, 5) is 8.98. The number of allylic oxidation sites excluding steroid dienone is 7. The zero-order chi connectivity index (χ0) is 19.4. The quantitative estimate of drug-likeness (QED) is 0.484. The Balaban J connectivity index is 3.51. The van der Waals surface area contributed by atoms with Crippen molar-refractivity contribution in [3.63, 3.8) is 0 Å². The molecule has 0 fully saturated rings. The van der Waals surface area contributed by atoms with E-state index in [2.05, 4.69) is 36.3 Å². The van der Waals surface area contributed by atoms with Crippen LogP contribution in [0, 0.1) is 0 Å². The van der Waals surface area contributed by atoms with E-state index in [4.69, 9.17) is 0 Å². The topological polar surface area (TPSA) is 24.7 Å². The molecule has 1 aromatic rings. The molecular formula is C24H26N2. The first kappa shape index (κ1) is 20.8. The summed E-state index contributed by atoms with van der Waals surface area (Å²) in [6.45, 7) is 19.6. The molecule has 0 aliphatic heterocycles. The number of benzene rings is 1. The van der Waals surface area contributed by atoms with Gasteiger partial charge in [0.05, 0.1) is 23.3 Å². The summed E-state index contributed by atoms with van der Waals surface area (Å²) in [6.07, 6.45) is 14.8. The molecule has 0 radical (unpaired) electrons. The van der Waals surface area contributed by atoms with Crippen molar-refractivity contribution < 1.29 is 0 Å². The fraction of sp³-hybridized carbons (Fsp3) is 0.0833. The van der Waals surface area contributed by atoms with E-state index in [-0.39, 0.29) is 0 Å².